The molecule has 7 heteroatoms. The lowest BCUT2D eigenvalue weighted by molar-refractivity contribution is -0.133. The van der Waals surface area contributed by atoms with Crippen LogP contribution in [0.5, 0.6) is 0 Å². The average Bonchev–Trinajstić information content (AvgIpc) is 2.43. The van der Waals surface area contributed by atoms with Crippen molar-refractivity contribution >= 4 is 39.4 Å². The molecule has 0 aliphatic rings. The van der Waals surface area contributed by atoms with E-state index in [4.69, 9.17) is 0 Å². The first-order valence-electron chi connectivity index (χ1n) is 5.72. The Morgan fingerprint density at radius 3 is 2.40 bits per heavy atom. The highest BCUT2D eigenvalue weighted by molar-refractivity contribution is 9.10. The first kappa shape index (κ1) is 14.1. The molecule has 20 heavy (non-hydrogen) atoms. The molecule has 0 aliphatic carbocycles. The Labute approximate surface area is 123 Å². The van der Waals surface area contributed by atoms with E-state index in [0.29, 0.717) is 5.69 Å². The topological polar surface area (TPSA) is 84.0 Å². The van der Waals surface area contributed by atoms with Crippen molar-refractivity contribution in [3.8, 4) is 0 Å². The largest absolute Gasteiger partial charge is 0.318 e. The first-order valence-corrected chi connectivity index (χ1v) is 6.51. The van der Waals surface area contributed by atoms with Crippen LogP contribution >= 0.6 is 15.9 Å². The fourth-order valence-electron chi connectivity index (χ4n) is 1.47. The molecule has 2 N–H and O–H groups in total. The van der Waals surface area contributed by atoms with Crippen molar-refractivity contribution in [3.05, 3.63) is 46.7 Å². The number of benzene rings is 1. The van der Waals surface area contributed by atoms with Crippen LogP contribution in [-0.4, -0.2) is 21.8 Å². The summed E-state index contributed by atoms with van der Waals surface area (Å²) in [4.78, 5) is 31.1. The standard InChI is InChI=1S/C13H11BrN4O2/c1-8-7-9(14)3-4-10(8)17-11(19)12(20)18-13-15-5-2-6-16-13/h2-7H,1H3,(H,17,19)(H,15,16,18,20). The highest BCUT2D eigenvalue weighted by Crippen LogP contribution is 2.19. The molecule has 0 atom stereocenters. The number of halogens is 1. The number of nitrogens with zero attached hydrogens (tertiary/aromatic N) is 2. The molecule has 0 radical (unpaired) electrons. The fraction of sp³-hybridized carbons (Fsp3) is 0.0769. The molecular formula is C13H11BrN4O2. The van der Waals surface area contributed by atoms with E-state index in [1.54, 1.807) is 18.2 Å². The number of hydrogen-bond donors (Lipinski definition) is 2. The molecule has 0 fully saturated rings. The normalized spacial score (nSPS) is 9.90. The van der Waals surface area contributed by atoms with Crippen molar-refractivity contribution < 1.29 is 9.59 Å². The summed E-state index contributed by atoms with van der Waals surface area (Å²) in [6.45, 7) is 1.83. The first-order chi connectivity index (χ1) is 9.56. The highest BCUT2D eigenvalue weighted by atomic mass is 79.9. The van der Waals surface area contributed by atoms with Gasteiger partial charge in [-0.25, -0.2) is 9.97 Å². The third-order valence-electron chi connectivity index (χ3n) is 2.43. The Morgan fingerprint density at radius 1 is 1.10 bits per heavy atom. The van der Waals surface area contributed by atoms with E-state index in [-0.39, 0.29) is 5.95 Å². The van der Waals surface area contributed by atoms with Crippen LogP contribution in [0.4, 0.5) is 11.6 Å². The number of hydrogen-bond acceptors (Lipinski definition) is 4. The molecule has 1 heterocycles. The summed E-state index contributed by atoms with van der Waals surface area (Å²) in [5.41, 5.74) is 1.42. The maximum Gasteiger partial charge on any atom is 0.316 e. The maximum atomic E-state index is 11.8. The van der Waals surface area contributed by atoms with E-state index >= 15 is 0 Å². The summed E-state index contributed by atoms with van der Waals surface area (Å²) in [7, 11) is 0. The van der Waals surface area contributed by atoms with Crippen molar-refractivity contribution in [3.63, 3.8) is 0 Å². The molecule has 2 rings (SSSR count). The molecule has 0 unspecified atom stereocenters. The second-order valence-electron chi connectivity index (χ2n) is 3.94. The van der Waals surface area contributed by atoms with Crippen LogP contribution in [0.1, 0.15) is 5.56 Å². The lowest BCUT2D eigenvalue weighted by Gasteiger charge is -2.08. The van der Waals surface area contributed by atoms with Gasteiger partial charge in [-0.15, -0.1) is 0 Å². The molecule has 102 valence electrons. The van der Waals surface area contributed by atoms with Crippen molar-refractivity contribution in [1.29, 1.82) is 0 Å². The minimum absolute atomic E-state index is 0.0835. The maximum absolute atomic E-state index is 11.8. The predicted octanol–water partition coefficient (Wildman–Crippen LogP) is 2.12. The van der Waals surface area contributed by atoms with Crippen LogP contribution in [0.2, 0.25) is 0 Å². The van der Waals surface area contributed by atoms with Gasteiger partial charge in [0.25, 0.3) is 0 Å². The van der Waals surface area contributed by atoms with E-state index in [1.807, 2.05) is 13.0 Å². The van der Waals surface area contributed by atoms with Crippen LogP contribution in [0.25, 0.3) is 0 Å². The summed E-state index contributed by atoms with van der Waals surface area (Å²) in [5, 5.41) is 4.84. The minimum atomic E-state index is -0.821. The van der Waals surface area contributed by atoms with Gasteiger partial charge in [-0.1, -0.05) is 15.9 Å². The molecule has 0 bridgehead atoms. The van der Waals surface area contributed by atoms with Gasteiger partial charge < -0.3 is 5.32 Å². The van der Waals surface area contributed by atoms with E-state index in [1.165, 1.54) is 12.4 Å². The number of rotatable bonds is 2. The number of amides is 2. The molecule has 0 saturated carbocycles. The third-order valence-corrected chi connectivity index (χ3v) is 2.93. The minimum Gasteiger partial charge on any atom is -0.318 e. The monoisotopic (exact) mass is 334 g/mol. The smallest absolute Gasteiger partial charge is 0.316 e. The Morgan fingerprint density at radius 2 is 1.75 bits per heavy atom. The molecule has 0 spiro atoms. The van der Waals surface area contributed by atoms with Crippen molar-refractivity contribution in [1.82, 2.24) is 9.97 Å². The number of anilines is 2. The van der Waals surface area contributed by atoms with Gasteiger partial charge >= 0.3 is 11.8 Å². The average molecular weight is 335 g/mol. The van der Waals surface area contributed by atoms with Crippen LogP contribution < -0.4 is 10.6 Å². The Balaban J connectivity index is 2.03. The van der Waals surface area contributed by atoms with Gasteiger partial charge in [0.1, 0.15) is 0 Å². The van der Waals surface area contributed by atoms with E-state index < -0.39 is 11.8 Å². The van der Waals surface area contributed by atoms with Gasteiger partial charge in [0.15, 0.2) is 0 Å². The van der Waals surface area contributed by atoms with E-state index in [2.05, 4.69) is 36.5 Å². The molecular weight excluding hydrogens is 324 g/mol. The second-order valence-corrected chi connectivity index (χ2v) is 4.86. The van der Waals surface area contributed by atoms with Gasteiger partial charge in [-0.3, -0.25) is 14.9 Å². The zero-order valence-electron chi connectivity index (χ0n) is 10.6. The second kappa shape index (κ2) is 6.25. The number of carbonyl (C=O) groups is 2. The zero-order chi connectivity index (χ0) is 14.5. The summed E-state index contributed by atoms with van der Waals surface area (Å²) in [5.74, 6) is -1.51. The molecule has 2 amide bonds. The van der Waals surface area contributed by atoms with Crippen molar-refractivity contribution in [2.24, 2.45) is 0 Å². The summed E-state index contributed by atoms with van der Waals surface area (Å²) < 4.78 is 0.898. The predicted molar refractivity (Wildman–Crippen MR) is 78.2 cm³/mol. The van der Waals surface area contributed by atoms with Crippen LogP contribution in [0.3, 0.4) is 0 Å². The number of carbonyl (C=O) groups excluding carboxylic acids is 2. The molecule has 1 aromatic heterocycles. The SMILES string of the molecule is Cc1cc(Br)ccc1NC(=O)C(=O)Nc1ncccn1. The number of aryl methyl sites for hydroxylation is 1. The summed E-state index contributed by atoms with van der Waals surface area (Å²) in [6.07, 6.45) is 2.94. The molecule has 0 saturated heterocycles. The van der Waals surface area contributed by atoms with Crippen LogP contribution in [-0.2, 0) is 9.59 Å². The van der Waals surface area contributed by atoms with E-state index in [9.17, 15) is 9.59 Å². The van der Waals surface area contributed by atoms with Gasteiger partial charge in [-0.05, 0) is 36.8 Å². The third kappa shape index (κ3) is 3.61. The lowest BCUT2D eigenvalue weighted by atomic mass is 10.2. The molecule has 1 aromatic carbocycles. The van der Waals surface area contributed by atoms with Crippen molar-refractivity contribution in [2.75, 3.05) is 10.6 Å². The van der Waals surface area contributed by atoms with Gasteiger partial charge in [-0.2, -0.15) is 0 Å². The number of nitrogens with one attached hydrogen (secondary N) is 2. The Kier molecular flexibility index (Phi) is 4.41. The summed E-state index contributed by atoms with van der Waals surface area (Å²) in [6, 6.07) is 6.94. The summed E-state index contributed by atoms with van der Waals surface area (Å²) >= 11 is 3.33. The Bertz CT molecular complexity index is 646. The molecule has 2 aromatic rings. The Hall–Kier alpha value is -2.28. The lowest BCUT2D eigenvalue weighted by Crippen LogP contribution is -2.30. The molecule has 0 aliphatic heterocycles. The van der Waals surface area contributed by atoms with Crippen LogP contribution in [0.15, 0.2) is 41.1 Å². The van der Waals surface area contributed by atoms with Crippen LogP contribution in [0, 0.1) is 6.92 Å². The fourth-order valence-corrected chi connectivity index (χ4v) is 1.94. The number of aromatic nitrogens is 2. The van der Waals surface area contributed by atoms with E-state index in [0.717, 1.165) is 10.0 Å². The van der Waals surface area contributed by atoms with Gasteiger partial charge in [0.2, 0.25) is 5.95 Å². The molecule has 6 nitrogen and oxygen atoms in total. The van der Waals surface area contributed by atoms with Crippen molar-refractivity contribution in [2.45, 2.75) is 6.92 Å². The highest BCUT2D eigenvalue weighted by Gasteiger charge is 2.15. The zero-order valence-corrected chi connectivity index (χ0v) is 12.1. The quantitative estimate of drug-likeness (QED) is 0.824. The van der Waals surface area contributed by atoms with Gasteiger partial charge in [0.05, 0.1) is 0 Å². The van der Waals surface area contributed by atoms with Gasteiger partial charge in [0, 0.05) is 22.6 Å².